The van der Waals surface area contributed by atoms with Gasteiger partial charge in [-0.1, -0.05) is 0 Å². The Hall–Kier alpha value is -2.09. The monoisotopic (exact) mass is 420 g/mol. The molecule has 3 rings (SSSR count). The average Bonchev–Trinajstić information content (AvgIpc) is 3.28. The predicted octanol–water partition coefficient (Wildman–Crippen LogP) is 3.77. The van der Waals surface area contributed by atoms with E-state index in [9.17, 15) is 9.59 Å². The largest absolute Gasteiger partial charge is 0.446 e. The lowest BCUT2D eigenvalue weighted by Gasteiger charge is -2.25. The Balaban J connectivity index is 1.68. The van der Waals surface area contributed by atoms with Crippen LogP contribution in [0.4, 0.5) is 10.6 Å². The van der Waals surface area contributed by atoms with Crippen molar-refractivity contribution in [3.63, 3.8) is 0 Å². The minimum Gasteiger partial charge on any atom is -0.446 e. The highest BCUT2D eigenvalue weighted by Gasteiger charge is 2.33. The second kappa shape index (κ2) is 9.37. The fraction of sp³-hybridized carbons (Fsp3) is 0.773. The fourth-order valence-electron chi connectivity index (χ4n) is 4.11. The Morgan fingerprint density at radius 2 is 2.03 bits per heavy atom. The van der Waals surface area contributed by atoms with Crippen LogP contribution in [0.25, 0.3) is 0 Å². The van der Waals surface area contributed by atoms with Crippen molar-refractivity contribution in [2.45, 2.75) is 90.3 Å². The summed E-state index contributed by atoms with van der Waals surface area (Å²) >= 11 is 0. The van der Waals surface area contributed by atoms with Gasteiger partial charge in [-0.25, -0.2) is 9.48 Å². The van der Waals surface area contributed by atoms with Crippen molar-refractivity contribution >= 4 is 17.8 Å². The van der Waals surface area contributed by atoms with E-state index in [0.29, 0.717) is 6.61 Å². The van der Waals surface area contributed by atoms with E-state index >= 15 is 0 Å². The molecule has 1 aromatic heterocycles. The van der Waals surface area contributed by atoms with Crippen molar-refractivity contribution < 1.29 is 19.1 Å². The van der Waals surface area contributed by atoms with Gasteiger partial charge in [-0.05, 0) is 66.7 Å². The smallest absolute Gasteiger partial charge is 0.407 e. The molecular weight excluding hydrogens is 384 g/mol. The Morgan fingerprint density at radius 1 is 1.27 bits per heavy atom. The maximum atomic E-state index is 12.7. The molecular formula is C22H36N4O4. The summed E-state index contributed by atoms with van der Waals surface area (Å²) in [4.78, 5) is 24.6. The number of hydrogen-bond acceptors (Lipinski definition) is 5. The third-order valence-corrected chi connectivity index (χ3v) is 5.63. The summed E-state index contributed by atoms with van der Waals surface area (Å²) in [7, 11) is 0. The molecule has 2 aliphatic rings. The maximum absolute atomic E-state index is 12.7. The van der Waals surface area contributed by atoms with Crippen molar-refractivity contribution in [2.24, 2.45) is 5.92 Å². The number of hydrogen-bond donors (Lipinski definition) is 2. The van der Waals surface area contributed by atoms with Crippen molar-refractivity contribution in [3.8, 4) is 0 Å². The topological polar surface area (TPSA) is 94.5 Å². The molecule has 1 saturated heterocycles. The molecule has 1 aromatic rings. The summed E-state index contributed by atoms with van der Waals surface area (Å²) in [6, 6.07) is 2.03. The third kappa shape index (κ3) is 5.74. The minimum atomic E-state index is -0.362. The number of nitrogens with one attached hydrogen (secondary N) is 2. The van der Waals surface area contributed by atoms with Crippen LogP contribution < -0.4 is 10.6 Å². The number of aromatic nitrogens is 2. The van der Waals surface area contributed by atoms with Crippen LogP contribution >= 0.6 is 0 Å². The third-order valence-electron chi connectivity index (χ3n) is 5.63. The van der Waals surface area contributed by atoms with E-state index in [2.05, 4.69) is 31.4 Å². The lowest BCUT2D eigenvalue weighted by Crippen LogP contribution is -2.33. The van der Waals surface area contributed by atoms with E-state index in [-0.39, 0.29) is 41.5 Å². The molecule has 2 heterocycles. The van der Waals surface area contributed by atoms with Gasteiger partial charge < -0.3 is 20.1 Å². The molecule has 1 aliphatic heterocycles. The van der Waals surface area contributed by atoms with Gasteiger partial charge in [-0.2, -0.15) is 5.10 Å². The number of alkyl carbamates (subject to hydrolysis) is 1. The summed E-state index contributed by atoms with van der Waals surface area (Å²) in [6.07, 6.45) is 3.77. The molecule has 3 atom stereocenters. The molecule has 2 N–H and O–H groups in total. The van der Waals surface area contributed by atoms with Gasteiger partial charge in [-0.3, -0.25) is 4.79 Å². The molecule has 8 nitrogen and oxygen atoms in total. The van der Waals surface area contributed by atoms with Crippen LogP contribution in [0.3, 0.4) is 0 Å². The number of carbonyl (C=O) groups excluding carboxylic acids is 2. The van der Waals surface area contributed by atoms with Crippen LogP contribution in [-0.2, 0) is 19.8 Å². The van der Waals surface area contributed by atoms with Crippen molar-refractivity contribution in [3.05, 3.63) is 11.8 Å². The number of amides is 2. The van der Waals surface area contributed by atoms with Gasteiger partial charge in [0.1, 0.15) is 11.9 Å². The number of anilines is 1. The zero-order chi connectivity index (χ0) is 21.9. The van der Waals surface area contributed by atoms with Gasteiger partial charge in [0.15, 0.2) is 0 Å². The van der Waals surface area contributed by atoms with Gasteiger partial charge in [-0.15, -0.1) is 0 Å². The van der Waals surface area contributed by atoms with Gasteiger partial charge >= 0.3 is 6.09 Å². The highest BCUT2D eigenvalue weighted by molar-refractivity contribution is 5.92. The van der Waals surface area contributed by atoms with Crippen LogP contribution in [0.15, 0.2) is 6.07 Å². The van der Waals surface area contributed by atoms with Crippen LogP contribution in [0.2, 0.25) is 0 Å². The number of rotatable bonds is 5. The first-order chi connectivity index (χ1) is 14.1. The molecule has 0 spiro atoms. The van der Waals surface area contributed by atoms with Crippen molar-refractivity contribution in [1.29, 1.82) is 0 Å². The van der Waals surface area contributed by atoms with Crippen molar-refractivity contribution in [2.75, 3.05) is 18.5 Å². The summed E-state index contributed by atoms with van der Waals surface area (Å²) in [5.41, 5.74) is 0.672. The van der Waals surface area contributed by atoms with E-state index < -0.39 is 0 Å². The lowest BCUT2D eigenvalue weighted by atomic mass is 10.0. The highest BCUT2D eigenvalue weighted by Crippen LogP contribution is 2.37. The molecule has 2 fully saturated rings. The molecule has 168 valence electrons. The minimum absolute atomic E-state index is 0.00959. The lowest BCUT2D eigenvalue weighted by molar-refractivity contribution is -0.123. The first kappa shape index (κ1) is 22.6. The second-order valence-corrected chi connectivity index (χ2v) is 9.78. The predicted molar refractivity (Wildman–Crippen MR) is 115 cm³/mol. The molecule has 0 radical (unpaired) electrons. The van der Waals surface area contributed by atoms with Gasteiger partial charge in [0.05, 0.1) is 23.8 Å². The van der Waals surface area contributed by atoms with Gasteiger partial charge in [0, 0.05) is 24.6 Å². The highest BCUT2D eigenvalue weighted by atomic mass is 16.6. The van der Waals surface area contributed by atoms with E-state index in [1.165, 1.54) is 0 Å². The summed E-state index contributed by atoms with van der Waals surface area (Å²) in [5.74, 6) is 0.799. The van der Waals surface area contributed by atoms with Crippen LogP contribution in [0.1, 0.15) is 78.3 Å². The molecule has 1 saturated carbocycles. The molecule has 0 bridgehead atoms. The quantitative estimate of drug-likeness (QED) is 0.756. The van der Waals surface area contributed by atoms with Crippen LogP contribution in [0, 0.1) is 5.92 Å². The Bertz CT molecular complexity index is 747. The Morgan fingerprint density at radius 3 is 2.67 bits per heavy atom. The number of ether oxygens (including phenoxy) is 2. The second-order valence-electron chi connectivity index (χ2n) is 9.78. The Labute approximate surface area is 179 Å². The standard InChI is InChI=1S/C22H36N4O4/c1-14(2)23-21(28)30-17-9-8-15(11-17)18-12-19(26(25-18)22(3,4)5)24-20(27)16-7-6-10-29-13-16/h12,14-17H,6-11,13H2,1-5H3,(H,23,28)(H,24,27). The Kier molecular flexibility index (Phi) is 7.06. The summed E-state index contributed by atoms with van der Waals surface area (Å²) < 4.78 is 12.9. The maximum Gasteiger partial charge on any atom is 0.407 e. The SMILES string of the molecule is CC(C)NC(=O)OC1CCC(c2cc(NC(=O)C3CCCOC3)n(C(C)(C)C)n2)C1. The van der Waals surface area contributed by atoms with E-state index in [0.717, 1.165) is 50.2 Å². The normalized spacial score (nSPS) is 24.7. The summed E-state index contributed by atoms with van der Waals surface area (Å²) in [6.45, 7) is 11.2. The summed E-state index contributed by atoms with van der Waals surface area (Å²) in [5, 5.41) is 10.7. The van der Waals surface area contributed by atoms with Gasteiger partial charge in [0.25, 0.3) is 0 Å². The zero-order valence-corrected chi connectivity index (χ0v) is 18.9. The first-order valence-corrected chi connectivity index (χ1v) is 11.1. The van der Waals surface area contributed by atoms with Crippen molar-refractivity contribution in [1.82, 2.24) is 15.1 Å². The van der Waals surface area contributed by atoms with E-state index in [4.69, 9.17) is 14.6 Å². The van der Waals surface area contributed by atoms with Crippen LogP contribution in [-0.4, -0.2) is 47.1 Å². The molecule has 30 heavy (non-hydrogen) atoms. The molecule has 3 unspecified atom stereocenters. The number of nitrogens with zero attached hydrogens (tertiary/aromatic N) is 2. The van der Waals surface area contributed by atoms with E-state index in [1.54, 1.807) is 0 Å². The molecule has 1 aliphatic carbocycles. The average molecular weight is 421 g/mol. The molecule has 8 heteroatoms. The van der Waals surface area contributed by atoms with Gasteiger partial charge in [0.2, 0.25) is 5.91 Å². The molecule has 0 aromatic carbocycles. The van der Waals surface area contributed by atoms with Crippen LogP contribution in [0.5, 0.6) is 0 Å². The van der Waals surface area contributed by atoms with E-state index in [1.807, 2.05) is 24.6 Å². The molecule has 2 amide bonds. The fourth-order valence-corrected chi connectivity index (χ4v) is 4.11. The zero-order valence-electron chi connectivity index (χ0n) is 18.9. The number of carbonyl (C=O) groups is 2. The first-order valence-electron chi connectivity index (χ1n) is 11.1.